The Hall–Kier alpha value is -9.18. The van der Waals surface area contributed by atoms with Gasteiger partial charge in [-0.1, -0.05) is 200 Å². The van der Waals surface area contributed by atoms with Crippen molar-refractivity contribution in [2.45, 2.75) is 0 Å². The summed E-state index contributed by atoms with van der Waals surface area (Å²) in [5.41, 5.74) is 15.4. The SMILES string of the molecule is c1ccc(N(c2ccc(-c3ccc(-c4ccccc4-n4c5ccccc5c5ccccc54)cc3)cc2)c2ccc3c4ccccc4c4ccccc4c3c2)c(-c2cccc3c2oc2ccccc23)c1. The maximum Gasteiger partial charge on any atom is 0.143 e. The van der Waals surface area contributed by atoms with Gasteiger partial charge in [-0.05, 0) is 104 Å². The second kappa shape index (κ2) is 15.7. The minimum atomic E-state index is 0.888. The lowest BCUT2D eigenvalue weighted by molar-refractivity contribution is 0.670. The van der Waals surface area contributed by atoms with Crippen LogP contribution in [0, 0.1) is 0 Å². The fraction of sp³-hybridized carbons (Fsp3) is 0. The Balaban J connectivity index is 0.898. The number of furan rings is 1. The first-order chi connectivity index (χ1) is 34.2. The van der Waals surface area contributed by atoms with Crippen LogP contribution in [0.3, 0.4) is 0 Å². The molecule has 69 heavy (non-hydrogen) atoms. The molecule has 0 aliphatic rings. The van der Waals surface area contributed by atoms with E-state index in [0.29, 0.717) is 0 Å². The smallest absolute Gasteiger partial charge is 0.143 e. The zero-order valence-corrected chi connectivity index (χ0v) is 37.6. The molecule has 0 fully saturated rings. The van der Waals surface area contributed by atoms with Crippen molar-refractivity contribution in [3.63, 3.8) is 0 Å². The monoisotopic (exact) mass is 878 g/mol. The van der Waals surface area contributed by atoms with Crippen molar-refractivity contribution in [3.8, 4) is 39.1 Å². The number of anilines is 3. The van der Waals surface area contributed by atoms with Gasteiger partial charge in [0.05, 0.1) is 22.4 Å². The lowest BCUT2D eigenvalue weighted by atomic mass is 9.93. The molecule has 12 aromatic carbocycles. The molecule has 3 nitrogen and oxygen atoms in total. The molecule has 0 radical (unpaired) electrons. The van der Waals surface area contributed by atoms with Gasteiger partial charge < -0.3 is 13.9 Å². The predicted octanol–water partition coefficient (Wildman–Crippen LogP) is 18.6. The van der Waals surface area contributed by atoms with Crippen molar-refractivity contribution in [2.75, 3.05) is 4.90 Å². The van der Waals surface area contributed by atoms with Gasteiger partial charge in [0, 0.05) is 49.6 Å². The summed E-state index contributed by atoms with van der Waals surface area (Å²) in [6.07, 6.45) is 0. The van der Waals surface area contributed by atoms with Crippen molar-refractivity contribution < 1.29 is 4.42 Å². The fourth-order valence-electron chi connectivity index (χ4n) is 11.1. The summed E-state index contributed by atoms with van der Waals surface area (Å²) in [5, 5.41) is 12.2. The van der Waals surface area contributed by atoms with Crippen LogP contribution in [-0.4, -0.2) is 4.57 Å². The van der Waals surface area contributed by atoms with Crippen LogP contribution in [0.25, 0.3) is 115 Å². The largest absolute Gasteiger partial charge is 0.455 e. The van der Waals surface area contributed by atoms with Gasteiger partial charge in [-0.3, -0.25) is 0 Å². The normalized spacial score (nSPS) is 11.8. The first kappa shape index (κ1) is 39.0. The van der Waals surface area contributed by atoms with Crippen LogP contribution in [-0.2, 0) is 0 Å². The lowest BCUT2D eigenvalue weighted by Crippen LogP contribution is -2.11. The summed E-state index contributed by atoms with van der Waals surface area (Å²) in [4.78, 5) is 2.42. The van der Waals surface area contributed by atoms with Crippen LogP contribution < -0.4 is 4.90 Å². The third-order valence-electron chi connectivity index (χ3n) is 14.2. The van der Waals surface area contributed by atoms with E-state index in [1.165, 1.54) is 70.9 Å². The summed E-state index contributed by atoms with van der Waals surface area (Å²) in [6, 6.07) is 92.4. The minimum absolute atomic E-state index is 0.888. The van der Waals surface area contributed by atoms with Crippen molar-refractivity contribution in [1.82, 2.24) is 4.57 Å². The van der Waals surface area contributed by atoms with Gasteiger partial charge in [0.1, 0.15) is 11.2 Å². The Bertz CT molecular complexity index is 4220. The van der Waals surface area contributed by atoms with Crippen molar-refractivity contribution in [1.29, 1.82) is 0 Å². The van der Waals surface area contributed by atoms with Crippen LogP contribution in [0.4, 0.5) is 17.1 Å². The van der Waals surface area contributed by atoms with E-state index >= 15 is 0 Å². The highest BCUT2D eigenvalue weighted by molar-refractivity contribution is 6.26. The molecule has 0 aliphatic carbocycles. The highest BCUT2D eigenvalue weighted by atomic mass is 16.3. The second-order valence-corrected chi connectivity index (χ2v) is 18.0. The number of hydrogen-bond donors (Lipinski definition) is 0. The minimum Gasteiger partial charge on any atom is -0.455 e. The molecule has 0 saturated heterocycles. The topological polar surface area (TPSA) is 21.3 Å². The maximum absolute atomic E-state index is 6.67. The van der Waals surface area contributed by atoms with Crippen LogP contribution in [0.15, 0.2) is 259 Å². The molecule has 0 unspecified atom stereocenters. The molecular formula is C66H42N2O. The highest BCUT2D eigenvalue weighted by Crippen LogP contribution is 2.47. The van der Waals surface area contributed by atoms with Crippen LogP contribution in [0.2, 0.25) is 0 Å². The quantitative estimate of drug-likeness (QED) is 0.149. The Labute approximate surface area is 399 Å². The van der Waals surface area contributed by atoms with Gasteiger partial charge in [0.2, 0.25) is 0 Å². The average Bonchev–Trinajstić information content (AvgIpc) is 3.98. The second-order valence-electron chi connectivity index (χ2n) is 18.0. The third-order valence-corrected chi connectivity index (χ3v) is 14.2. The van der Waals surface area contributed by atoms with E-state index in [1.54, 1.807) is 0 Å². The Morgan fingerprint density at radius 1 is 0.290 bits per heavy atom. The van der Waals surface area contributed by atoms with Gasteiger partial charge in [-0.2, -0.15) is 0 Å². The number of para-hydroxylation sites is 6. The summed E-state index contributed by atoms with van der Waals surface area (Å²) >= 11 is 0. The third kappa shape index (κ3) is 6.21. The molecule has 14 rings (SSSR count). The number of hydrogen-bond acceptors (Lipinski definition) is 2. The average molecular weight is 879 g/mol. The molecule has 2 heterocycles. The fourth-order valence-corrected chi connectivity index (χ4v) is 11.1. The number of aromatic nitrogens is 1. The van der Waals surface area contributed by atoms with E-state index in [9.17, 15) is 0 Å². The van der Waals surface area contributed by atoms with Gasteiger partial charge in [0.15, 0.2) is 0 Å². The summed E-state index contributed by atoms with van der Waals surface area (Å²) in [7, 11) is 0. The van der Waals surface area contributed by atoms with Gasteiger partial charge in [-0.15, -0.1) is 0 Å². The number of benzene rings is 12. The molecule has 14 aromatic rings. The Kier molecular flexibility index (Phi) is 8.90. The molecule has 0 saturated carbocycles. The Morgan fingerprint density at radius 3 is 1.43 bits per heavy atom. The standard InChI is InChI=1S/C66H42N2O/c1-2-19-51-49(17-1)50-18-3-4-20-52(50)60-42-47(40-41-53(51)60)67(62-28-11-8-23-56(62)58-25-15-26-59-57-24-9-14-31-65(57)69-66(58)59)46-38-36-44(37-39-46)43-32-34-45(35-33-43)48-16-5-10-27-61(48)68-63-29-12-6-21-54(63)55-22-7-13-30-64(55)68/h1-42H. The highest BCUT2D eigenvalue weighted by Gasteiger charge is 2.22. The van der Waals surface area contributed by atoms with Crippen LogP contribution in [0.5, 0.6) is 0 Å². The molecular weight excluding hydrogens is 837 g/mol. The van der Waals surface area contributed by atoms with Crippen molar-refractivity contribution in [2.24, 2.45) is 0 Å². The number of fused-ring (bicyclic) bond motifs is 12. The van der Waals surface area contributed by atoms with Gasteiger partial charge in [0.25, 0.3) is 0 Å². The summed E-state index contributed by atoms with van der Waals surface area (Å²) in [6.45, 7) is 0. The van der Waals surface area contributed by atoms with E-state index in [2.05, 4.69) is 258 Å². The maximum atomic E-state index is 6.67. The van der Waals surface area contributed by atoms with E-state index in [4.69, 9.17) is 4.42 Å². The molecule has 3 heteroatoms. The van der Waals surface area contributed by atoms with Gasteiger partial charge in [-0.25, -0.2) is 0 Å². The van der Waals surface area contributed by atoms with Crippen molar-refractivity contribution >= 4 is 93.1 Å². The molecule has 322 valence electrons. The summed E-state index contributed by atoms with van der Waals surface area (Å²) < 4.78 is 9.08. The van der Waals surface area contributed by atoms with Crippen LogP contribution in [0.1, 0.15) is 0 Å². The van der Waals surface area contributed by atoms with Crippen molar-refractivity contribution in [3.05, 3.63) is 255 Å². The van der Waals surface area contributed by atoms with Gasteiger partial charge >= 0.3 is 0 Å². The molecule has 0 N–H and O–H groups in total. The Morgan fingerprint density at radius 2 is 0.754 bits per heavy atom. The molecule has 0 aliphatic heterocycles. The van der Waals surface area contributed by atoms with E-state index in [1.807, 2.05) is 6.07 Å². The van der Waals surface area contributed by atoms with E-state index in [0.717, 1.165) is 61.3 Å². The molecule has 2 aromatic heterocycles. The molecule has 0 spiro atoms. The predicted molar refractivity (Wildman–Crippen MR) is 292 cm³/mol. The van der Waals surface area contributed by atoms with E-state index < -0.39 is 0 Å². The first-order valence-electron chi connectivity index (χ1n) is 23.7. The van der Waals surface area contributed by atoms with E-state index in [-0.39, 0.29) is 0 Å². The zero-order chi connectivity index (χ0) is 45.4. The lowest BCUT2D eigenvalue weighted by Gasteiger charge is -2.28. The summed E-state index contributed by atoms with van der Waals surface area (Å²) in [5.74, 6) is 0. The molecule has 0 bridgehead atoms. The zero-order valence-electron chi connectivity index (χ0n) is 37.6. The first-order valence-corrected chi connectivity index (χ1v) is 23.7. The molecule has 0 atom stereocenters. The molecule has 0 amide bonds. The number of rotatable bonds is 7. The number of nitrogens with zero attached hydrogens (tertiary/aromatic N) is 2. The van der Waals surface area contributed by atoms with Crippen LogP contribution >= 0.6 is 0 Å².